The minimum Gasteiger partial charge on any atom is -0.469 e. The van der Waals surface area contributed by atoms with Crippen LogP contribution >= 0.6 is 11.8 Å². The number of hydrogen-bond acceptors (Lipinski definition) is 6. The maximum absolute atomic E-state index is 10.8. The Kier molecular flexibility index (Phi) is 4.23. The predicted octanol–water partition coefficient (Wildman–Crippen LogP) is 0.901. The number of thioether (sulfide) groups is 1. The van der Waals surface area contributed by atoms with E-state index >= 15 is 0 Å². The van der Waals surface area contributed by atoms with E-state index in [1.807, 2.05) is 0 Å². The lowest BCUT2D eigenvalue weighted by molar-refractivity contribution is -0.140. The number of carbonyl (C=O) groups is 1. The molecule has 0 atom stereocenters. The highest BCUT2D eigenvalue weighted by molar-refractivity contribution is 7.99. The summed E-state index contributed by atoms with van der Waals surface area (Å²) in [6.45, 7) is 0. The van der Waals surface area contributed by atoms with Gasteiger partial charge in [0.15, 0.2) is 0 Å². The predicted molar refractivity (Wildman–Crippen MR) is 60.4 cm³/mol. The van der Waals surface area contributed by atoms with Crippen molar-refractivity contribution in [3.05, 3.63) is 12.1 Å². The first-order valence-corrected chi connectivity index (χ1v) is 5.33. The van der Waals surface area contributed by atoms with Crippen LogP contribution < -0.4 is 11.5 Å². The molecular formula is C9H13N3O2S. The molecule has 4 N–H and O–H groups in total. The third-order valence-corrected chi connectivity index (χ3v) is 2.65. The van der Waals surface area contributed by atoms with Crippen molar-refractivity contribution in [1.82, 2.24) is 4.98 Å². The highest BCUT2D eigenvalue weighted by Gasteiger charge is 2.03. The molecule has 5 nitrogen and oxygen atoms in total. The molecule has 0 amide bonds. The number of hydrogen-bond donors (Lipinski definition) is 2. The molecule has 0 saturated carbocycles. The number of aromatic nitrogens is 1. The molecule has 0 aliphatic heterocycles. The summed E-state index contributed by atoms with van der Waals surface area (Å²) in [5.74, 6) is 0.701. The molecule has 0 bridgehead atoms. The summed E-state index contributed by atoms with van der Waals surface area (Å²) in [5.41, 5.74) is 11.5. The van der Waals surface area contributed by atoms with Crippen LogP contribution in [-0.2, 0) is 9.53 Å². The highest BCUT2D eigenvalue weighted by atomic mass is 32.2. The Labute approximate surface area is 92.2 Å². The van der Waals surface area contributed by atoms with Gasteiger partial charge in [-0.15, -0.1) is 11.8 Å². The van der Waals surface area contributed by atoms with Crippen LogP contribution in [0, 0.1) is 0 Å². The number of pyridine rings is 1. The van der Waals surface area contributed by atoms with Gasteiger partial charge in [0.1, 0.15) is 5.82 Å². The number of anilines is 2. The van der Waals surface area contributed by atoms with E-state index in [-0.39, 0.29) is 5.97 Å². The quantitative estimate of drug-likeness (QED) is 0.586. The number of nitrogens with two attached hydrogens (primary N) is 2. The van der Waals surface area contributed by atoms with Gasteiger partial charge in [-0.05, 0) is 12.1 Å². The Morgan fingerprint density at radius 1 is 1.53 bits per heavy atom. The fourth-order valence-corrected chi connectivity index (χ4v) is 1.69. The monoisotopic (exact) mass is 227 g/mol. The van der Waals surface area contributed by atoms with Gasteiger partial charge in [-0.2, -0.15) is 0 Å². The van der Waals surface area contributed by atoms with Crippen LogP contribution in [0.4, 0.5) is 11.5 Å². The Morgan fingerprint density at radius 3 is 2.87 bits per heavy atom. The zero-order valence-corrected chi connectivity index (χ0v) is 9.21. The SMILES string of the molecule is COC(=O)CCSc1ccc(N)c(N)n1. The summed E-state index contributed by atoms with van der Waals surface area (Å²) in [4.78, 5) is 14.9. The fraction of sp³-hybridized carbons (Fsp3) is 0.333. The van der Waals surface area contributed by atoms with Crippen molar-refractivity contribution in [3.8, 4) is 0 Å². The van der Waals surface area contributed by atoms with Gasteiger partial charge in [-0.25, -0.2) is 4.98 Å². The second-order valence-electron chi connectivity index (χ2n) is 2.80. The van der Waals surface area contributed by atoms with Crippen molar-refractivity contribution >= 4 is 29.2 Å². The van der Waals surface area contributed by atoms with E-state index in [0.29, 0.717) is 23.7 Å². The Bertz CT molecular complexity index is 357. The first kappa shape index (κ1) is 11.6. The van der Waals surface area contributed by atoms with Crippen molar-refractivity contribution in [2.75, 3.05) is 24.3 Å². The molecule has 15 heavy (non-hydrogen) atoms. The van der Waals surface area contributed by atoms with E-state index in [2.05, 4.69) is 9.72 Å². The number of ether oxygens (including phenoxy) is 1. The van der Waals surface area contributed by atoms with Crippen LogP contribution in [0.3, 0.4) is 0 Å². The van der Waals surface area contributed by atoms with Gasteiger partial charge in [0.25, 0.3) is 0 Å². The highest BCUT2D eigenvalue weighted by Crippen LogP contribution is 2.20. The van der Waals surface area contributed by atoms with E-state index in [1.165, 1.54) is 18.9 Å². The Morgan fingerprint density at radius 2 is 2.27 bits per heavy atom. The second-order valence-corrected chi connectivity index (χ2v) is 3.91. The molecule has 0 saturated heterocycles. The van der Waals surface area contributed by atoms with Crippen LogP contribution in [0.1, 0.15) is 6.42 Å². The molecule has 0 unspecified atom stereocenters. The van der Waals surface area contributed by atoms with Gasteiger partial charge in [-0.1, -0.05) is 0 Å². The maximum atomic E-state index is 10.8. The molecule has 0 spiro atoms. The van der Waals surface area contributed by atoms with Gasteiger partial charge >= 0.3 is 5.97 Å². The number of nitrogen functional groups attached to an aromatic ring is 2. The lowest BCUT2D eigenvalue weighted by Gasteiger charge is -2.03. The number of carbonyl (C=O) groups excluding carboxylic acids is 1. The van der Waals surface area contributed by atoms with Crippen LogP contribution in [-0.4, -0.2) is 23.8 Å². The lowest BCUT2D eigenvalue weighted by Crippen LogP contribution is -2.02. The van der Waals surface area contributed by atoms with Gasteiger partial charge < -0.3 is 16.2 Å². The average Bonchev–Trinajstić information content (AvgIpc) is 2.23. The van der Waals surface area contributed by atoms with Gasteiger partial charge in [0.2, 0.25) is 0 Å². The van der Waals surface area contributed by atoms with Crippen molar-refractivity contribution in [1.29, 1.82) is 0 Å². The van der Waals surface area contributed by atoms with Crippen molar-refractivity contribution in [2.45, 2.75) is 11.4 Å². The molecule has 0 aliphatic rings. The molecule has 6 heteroatoms. The third-order valence-electron chi connectivity index (χ3n) is 1.72. The Balaban J connectivity index is 2.44. The van der Waals surface area contributed by atoms with Crippen LogP contribution in [0.15, 0.2) is 17.2 Å². The zero-order chi connectivity index (χ0) is 11.3. The number of rotatable bonds is 4. The summed E-state index contributed by atoms with van der Waals surface area (Å²) >= 11 is 1.44. The van der Waals surface area contributed by atoms with Gasteiger partial charge in [0, 0.05) is 5.75 Å². The average molecular weight is 227 g/mol. The standard InChI is InChI=1S/C9H13N3O2S/c1-14-8(13)4-5-15-7-3-2-6(10)9(11)12-7/h2-3H,4-5,10H2,1H3,(H2,11,12). The Hall–Kier alpha value is -1.43. The normalized spacial score (nSPS) is 9.93. The van der Waals surface area contributed by atoms with Crippen LogP contribution in [0.25, 0.3) is 0 Å². The van der Waals surface area contributed by atoms with E-state index in [0.717, 1.165) is 5.03 Å². The fourth-order valence-electron chi connectivity index (χ4n) is 0.888. The van der Waals surface area contributed by atoms with Gasteiger partial charge in [-0.3, -0.25) is 4.79 Å². The van der Waals surface area contributed by atoms with Crippen molar-refractivity contribution in [2.24, 2.45) is 0 Å². The van der Waals surface area contributed by atoms with E-state index in [1.54, 1.807) is 12.1 Å². The second kappa shape index (κ2) is 5.45. The molecule has 82 valence electrons. The zero-order valence-electron chi connectivity index (χ0n) is 8.40. The van der Waals surface area contributed by atoms with E-state index in [4.69, 9.17) is 11.5 Å². The number of esters is 1. The molecular weight excluding hydrogens is 214 g/mol. The molecule has 0 fully saturated rings. The topological polar surface area (TPSA) is 91.2 Å². The van der Waals surface area contributed by atoms with Crippen molar-refractivity contribution < 1.29 is 9.53 Å². The lowest BCUT2D eigenvalue weighted by atomic mass is 10.4. The van der Waals surface area contributed by atoms with E-state index < -0.39 is 0 Å². The summed E-state index contributed by atoms with van der Waals surface area (Å²) in [5, 5.41) is 0.755. The molecule has 1 heterocycles. The molecule has 0 radical (unpaired) electrons. The molecule has 1 aromatic rings. The molecule has 0 aliphatic carbocycles. The summed E-state index contributed by atoms with van der Waals surface area (Å²) in [6.07, 6.45) is 0.354. The summed E-state index contributed by atoms with van der Waals surface area (Å²) < 4.78 is 4.51. The summed E-state index contributed by atoms with van der Waals surface area (Å²) in [7, 11) is 1.37. The molecule has 0 aromatic carbocycles. The van der Waals surface area contributed by atoms with Crippen LogP contribution in [0.5, 0.6) is 0 Å². The molecule has 1 aromatic heterocycles. The van der Waals surface area contributed by atoms with Crippen molar-refractivity contribution in [3.63, 3.8) is 0 Å². The van der Waals surface area contributed by atoms with Crippen LogP contribution in [0.2, 0.25) is 0 Å². The minimum atomic E-state index is -0.231. The summed E-state index contributed by atoms with van der Waals surface area (Å²) in [6, 6.07) is 3.47. The minimum absolute atomic E-state index is 0.231. The maximum Gasteiger partial charge on any atom is 0.306 e. The van der Waals surface area contributed by atoms with E-state index in [9.17, 15) is 4.79 Å². The largest absolute Gasteiger partial charge is 0.469 e. The first-order valence-electron chi connectivity index (χ1n) is 4.35. The number of methoxy groups -OCH3 is 1. The smallest absolute Gasteiger partial charge is 0.306 e. The van der Waals surface area contributed by atoms with Gasteiger partial charge in [0.05, 0.1) is 24.2 Å². The molecule has 1 rings (SSSR count). The number of nitrogens with zero attached hydrogens (tertiary/aromatic N) is 1. The first-order chi connectivity index (χ1) is 7.13. The third kappa shape index (κ3) is 3.67.